The molecule has 0 saturated heterocycles. The Labute approximate surface area is 205 Å². The van der Waals surface area contributed by atoms with Gasteiger partial charge in [0.2, 0.25) is 9.79 Å². The zero-order valence-corrected chi connectivity index (χ0v) is 20.5. The second kappa shape index (κ2) is 8.95. The molecular weight excluding hydrogens is 465 g/mol. The summed E-state index contributed by atoms with van der Waals surface area (Å²) in [5.41, 5.74) is 5.30. The van der Waals surface area contributed by atoms with Gasteiger partial charge in [-0.3, -0.25) is 0 Å². The molecule has 4 aromatic carbocycles. The van der Waals surface area contributed by atoms with Crippen LogP contribution in [0.2, 0.25) is 0 Å². The third-order valence-corrected chi connectivity index (χ3v) is 10.9. The monoisotopic (exact) mass is 484 g/mol. The fraction of sp³-hybridized carbons (Fsp3) is 0. The average molecular weight is 485 g/mol. The van der Waals surface area contributed by atoms with E-state index in [4.69, 9.17) is 0 Å². The smallest absolute Gasteiger partial charge is 0.0808 e. The Morgan fingerprint density at radius 1 is 0.469 bits per heavy atom. The SMILES string of the molecule is c1ccc(C(=C2Sc3ccccc3S2)C(=C2[SH+]c3ccccc3[SH+]2)c2ccccc2)cc1. The Kier molecular flexibility index (Phi) is 5.70. The summed E-state index contributed by atoms with van der Waals surface area (Å²) >= 11 is 6.44. The van der Waals surface area contributed by atoms with Gasteiger partial charge < -0.3 is 0 Å². The van der Waals surface area contributed by atoms with E-state index >= 15 is 0 Å². The molecule has 0 saturated carbocycles. The summed E-state index contributed by atoms with van der Waals surface area (Å²) in [6.07, 6.45) is 0. The first kappa shape index (κ1) is 20.4. The quantitative estimate of drug-likeness (QED) is 0.216. The minimum atomic E-state index is 1.28. The summed E-state index contributed by atoms with van der Waals surface area (Å²) in [4.78, 5) is 5.54. The summed E-state index contributed by atoms with van der Waals surface area (Å²) in [5, 5.41) is 0. The highest BCUT2D eigenvalue weighted by Crippen LogP contribution is 2.56. The fourth-order valence-electron chi connectivity index (χ4n) is 3.92. The number of thiol groups is 2. The molecule has 0 spiro atoms. The minimum absolute atomic E-state index is 1.28. The molecule has 2 aliphatic rings. The first-order chi connectivity index (χ1) is 15.9. The summed E-state index contributed by atoms with van der Waals surface area (Å²) in [5.74, 6) is 0. The maximum absolute atomic E-state index is 2.27. The molecule has 0 unspecified atom stereocenters. The van der Waals surface area contributed by atoms with Crippen molar-refractivity contribution in [2.75, 3.05) is 0 Å². The third kappa shape index (κ3) is 3.86. The van der Waals surface area contributed by atoms with Crippen LogP contribution in [0.1, 0.15) is 11.1 Å². The molecule has 2 heterocycles. The molecule has 4 aromatic rings. The van der Waals surface area contributed by atoms with Crippen LogP contribution in [0.25, 0.3) is 11.1 Å². The van der Waals surface area contributed by atoms with E-state index in [0.717, 1.165) is 0 Å². The predicted octanol–water partition coefficient (Wildman–Crippen LogP) is 7.68. The molecule has 0 atom stereocenters. The molecule has 4 heteroatoms. The van der Waals surface area contributed by atoms with Crippen molar-refractivity contribution >= 4 is 58.2 Å². The highest BCUT2D eigenvalue weighted by atomic mass is 32.2. The largest absolute Gasteiger partial charge is 0.344 e. The van der Waals surface area contributed by atoms with Crippen LogP contribution in [0.15, 0.2) is 137 Å². The maximum atomic E-state index is 2.27. The molecule has 32 heavy (non-hydrogen) atoms. The van der Waals surface area contributed by atoms with Crippen molar-refractivity contribution < 1.29 is 0 Å². The van der Waals surface area contributed by atoms with Gasteiger partial charge in [-0.1, -0.05) is 108 Å². The maximum Gasteiger partial charge on any atom is 0.344 e. The lowest BCUT2D eigenvalue weighted by Crippen LogP contribution is -1.98. The van der Waals surface area contributed by atoms with E-state index in [1.54, 1.807) is 0 Å². The van der Waals surface area contributed by atoms with E-state index in [-0.39, 0.29) is 0 Å². The van der Waals surface area contributed by atoms with Crippen molar-refractivity contribution in [2.45, 2.75) is 19.6 Å². The van der Waals surface area contributed by atoms with E-state index in [9.17, 15) is 0 Å². The first-order valence-electron chi connectivity index (χ1n) is 10.4. The molecule has 0 amide bonds. The number of hydrogen-bond donors (Lipinski definition) is 0. The molecule has 0 aromatic heterocycles. The molecule has 2 aliphatic heterocycles. The predicted molar refractivity (Wildman–Crippen MR) is 145 cm³/mol. The first-order valence-corrected chi connectivity index (χ1v) is 13.9. The Hall–Kier alpha value is -2.24. The van der Waals surface area contributed by atoms with Gasteiger partial charge in [-0.15, -0.1) is 0 Å². The van der Waals surface area contributed by atoms with E-state index < -0.39 is 0 Å². The van der Waals surface area contributed by atoms with Gasteiger partial charge >= 0.3 is 4.24 Å². The van der Waals surface area contributed by atoms with Gasteiger partial charge in [0.1, 0.15) is 23.5 Å². The van der Waals surface area contributed by atoms with Crippen LogP contribution in [0.4, 0.5) is 0 Å². The van der Waals surface area contributed by atoms with Crippen LogP contribution in [0.3, 0.4) is 0 Å². The van der Waals surface area contributed by atoms with E-state index in [0.29, 0.717) is 0 Å². The third-order valence-electron chi connectivity index (χ3n) is 5.39. The van der Waals surface area contributed by atoms with Crippen LogP contribution in [-0.2, 0) is 23.5 Å². The molecule has 6 rings (SSSR count). The van der Waals surface area contributed by atoms with Crippen molar-refractivity contribution in [1.82, 2.24) is 0 Å². The lowest BCUT2D eigenvalue weighted by atomic mass is 9.95. The number of thioether (sulfide) groups is 2. The van der Waals surface area contributed by atoms with Gasteiger partial charge in [0.05, 0.1) is 9.81 Å². The highest BCUT2D eigenvalue weighted by Gasteiger charge is 2.40. The highest BCUT2D eigenvalue weighted by molar-refractivity contribution is 8.25. The molecular formula is C28H20S4+2. The number of rotatable bonds is 3. The summed E-state index contributed by atoms with van der Waals surface area (Å²) in [6, 6.07) is 39.5. The van der Waals surface area contributed by atoms with Crippen LogP contribution < -0.4 is 0 Å². The molecule has 0 radical (unpaired) electrons. The lowest BCUT2D eigenvalue weighted by Gasteiger charge is -2.14. The average Bonchev–Trinajstić information content (AvgIpc) is 3.47. The molecule has 0 aliphatic carbocycles. The van der Waals surface area contributed by atoms with E-state index in [2.05, 4.69) is 109 Å². The van der Waals surface area contributed by atoms with Crippen molar-refractivity contribution in [3.05, 3.63) is 129 Å². The lowest BCUT2D eigenvalue weighted by molar-refractivity contribution is 1.27. The Morgan fingerprint density at radius 2 is 0.906 bits per heavy atom. The molecule has 0 bridgehead atoms. The molecule has 0 fully saturated rings. The second-order valence-corrected chi connectivity index (χ2v) is 12.5. The van der Waals surface area contributed by atoms with Crippen molar-refractivity contribution in [3.8, 4) is 0 Å². The summed E-state index contributed by atoms with van der Waals surface area (Å²) in [7, 11) is 0. The van der Waals surface area contributed by atoms with Crippen molar-refractivity contribution in [2.24, 2.45) is 0 Å². The van der Waals surface area contributed by atoms with Gasteiger partial charge in [0, 0.05) is 15.4 Å². The minimum Gasteiger partial charge on any atom is -0.0808 e. The zero-order chi connectivity index (χ0) is 21.3. The molecule has 0 N–H and O–H groups in total. The Balaban J connectivity index is 1.60. The van der Waals surface area contributed by atoms with Crippen LogP contribution in [0.5, 0.6) is 0 Å². The summed E-state index contributed by atoms with van der Waals surface area (Å²) in [6.45, 7) is 0. The van der Waals surface area contributed by atoms with Crippen molar-refractivity contribution in [3.63, 3.8) is 0 Å². The van der Waals surface area contributed by atoms with Gasteiger partial charge in [0.25, 0.3) is 0 Å². The van der Waals surface area contributed by atoms with Gasteiger partial charge in [-0.25, -0.2) is 0 Å². The second-order valence-electron chi connectivity index (χ2n) is 7.46. The van der Waals surface area contributed by atoms with Crippen LogP contribution in [0, 0.1) is 0 Å². The van der Waals surface area contributed by atoms with Gasteiger partial charge in [-0.2, -0.15) is 0 Å². The Bertz CT molecular complexity index is 1190. The zero-order valence-electron chi connectivity index (χ0n) is 17.1. The number of fused-ring (bicyclic) bond motifs is 2. The van der Waals surface area contributed by atoms with E-state index in [1.165, 1.54) is 73.9 Å². The fourth-order valence-corrected chi connectivity index (χ4v) is 9.56. The number of benzene rings is 4. The topological polar surface area (TPSA) is 0 Å². The normalized spacial score (nSPS) is 14.2. The van der Waals surface area contributed by atoms with Crippen LogP contribution >= 0.6 is 23.5 Å². The Morgan fingerprint density at radius 3 is 1.44 bits per heavy atom. The van der Waals surface area contributed by atoms with E-state index in [1.807, 2.05) is 23.5 Å². The van der Waals surface area contributed by atoms with Crippen molar-refractivity contribution in [1.29, 1.82) is 0 Å². The molecule has 154 valence electrons. The van der Waals surface area contributed by atoms with Gasteiger partial charge in [-0.05, 0) is 35.4 Å². The summed E-state index contributed by atoms with van der Waals surface area (Å²) < 4.78 is 2.83. The van der Waals surface area contributed by atoms with Crippen LogP contribution in [-0.4, -0.2) is 0 Å². The standard InChI is InChI=1S/C28H18S4/c1-3-11-19(12-4-1)25(27-29-21-15-7-8-16-22(21)30-27)26(20-13-5-2-6-14-20)28-31-23-17-9-10-18-24(23)32-28/h1-18H/p+2. The van der Waals surface area contributed by atoms with Gasteiger partial charge in [0.15, 0.2) is 0 Å². The number of allylic oxidation sites excluding steroid dienone is 2. The number of hydrogen-bond acceptors (Lipinski definition) is 2. The molecule has 0 nitrogen and oxygen atoms in total.